The van der Waals surface area contributed by atoms with Gasteiger partial charge < -0.3 is 5.73 Å². The van der Waals surface area contributed by atoms with Crippen LogP contribution in [0.1, 0.15) is 32.3 Å². The number of hydrogen-bond donors (Lipinski definition) is 1. The van der Waals surface area contributed by atoms with Crippen molar-refractivity contribution in [3.63, 3.8) is 0 Å². The molecule has 0 radical (unpaired) electrons. The SMILES string of the molecule is CC(C)(N)CCC(=O)Cc1cccc(F)c1. The second kappa shape index (κ2) is 5.21. The van der Waals surface area contributed by atoms with Crippen molar-refractivity contribution in [3.05, 3.63) is 35.6 Å². The number of Topliss-reactive ketones (excluding diaryl/α,β-unsaturated/α-hetero) is 1. The Bertz CT molecular complexity index is 368. The van der Waals surface area contributed by atoms with E-state index in [-0.39, 0.29) is 23.6 Å². The molecule has 0 saturated heterocycles. The Morgan fingerprint density at radius 3 is 2.69 bits per heavy atom. The fourth-order valence-corrected chi connectivity index (χ4v) is 1.42. The van der Waals surface area contributed by atoms with E-state index in [2.05, 4.69) is 0 Å². The Balaban J connectivity index is 2.46. The summed E-state index contributed by atoms with van der Waals surface area (Å²) in [5.74, 6) is -0.200. The third-order valence-corrected chi connectivity index (χ3v) is 2.34. The molecular formula is C13H18FNO. The standard InChI is InChI=1S/C13H18FNO/c1-13(2,15)7-6-12(16)9-10-4-3-5-11(14)8-10/h3-5,8H,6-7,9,15H2,1-2H3. The quantitative estimate of drug-likeness (QED) is 0.833. The van der Waals surface area contributed by atoms with Crippen LogP contribution in [0.2, 0.25) is 0 Å². The highest BCUT2D eigenvalue weighted by atomic mass is 19.1. The molecule has 88 valence electrons. The molecule has 0 amide bonds. The zero-order valence-electron chi connectivity index (χ0n) is 9.79. The molecule has 0 spiro atoms. The second-order valence-electron chi connectivity index (χ2n) is 4.83. The van der Waals surface area contributed by atoms with Crippen molar-refractivity contribution >= 4 is 5.78 Å². The second-order valence-corrected chi connectivity index (χ2v) is 4.83. The van der Waals surface area contributed by atoms with E-state index >= 15 is 0 Å². The van der Waals surface area contributed by atoms with Crippen molar-refractivity contribution < 1.29 is 9.18 Å². The first-order valence-corrected chi connectivity index (χ1v) is 5.42. The maximum absolute atomic E-state index is 12.9. The average molecular weight is 223 g/mol. The van der Waals surface area contributed by atoms with E-state index in [0.29, 0.717) is 12.8 Å². The van der Waals surface area contributed by atoms with Crippen molar-refractivity contribution in [2.24, 2.45) is 5.73 Å². The van der Waals surface area contributed by atoms with Crippen LogP contribution < -0.4 is 5.73 Å². The maximum atomic E-state index is 12.9. The number of carbonyl (C=O) groups is 1. The number of ketones is 1. The van der Waals surface area contributed by atoms with Crippen molar-refractivity contribution in [3.8, 4) is 0 Å². The molecule has 0 aliphatic carbocycles. The van der Waals surface area contributed by atoms with Gasteiger partial charge in [-0.15, -0.1) is 0 Å². The summed E-state index contributed by atoms with van der Waals surface area (Å²) in [5.41, 5.74) is 6.19. The van der Waals surface area contributed by atoms with Crippen LogP contribution in [-0.2, 0) is 11.2 Å². The fraction of sp³-hybridized carbons (Fsp3) is 0.462. The summed E-state index contributed by atoms with van der Waals surface area (Å²) in [6.07, 6.45) is 1.38. The van der Waals surface area contributed by atoms with Gasteiger partial charge in [-0.25, -0.2) is 4.39 Å². The smallest absolute Gasteiger partial charge is 0.137 e. The van der Waals surface area contributed by atoms with Gasteiger partial charge in [0.15, 0.2) is 0 Å². The minimum atomic E-state index is -0.322. The van der Waals surface area contributed by atoms with Crippen LogP contribution in [0.3, 0.4) is 0 Å². The molecule has 0 aliphatic rings. The van der Waals surface area contributed by atoms with Gasteiger partial charge in [0, 0.05) is 18.4 Å². The van der Waals surface area contributed by atoms with E-state index in [1.807, 2.05) is 13.8 Å². The molecule has 0 atom stereocenters. The van der Waals surface area contributed by atoms with Gasteiger partial charge in [0.05, 0.1) is 0 Å². The normalized spacial score (nSPS) is 11.5. The highest BCUT2D eigenvalue weighted by molar-refractivity contribution is 5.80. The lowest BCUT2D eigenvalue weighted by Gasteiger charge is -2.17. The van der Waals surface area contributed by atoms with Gasteiger partial charge in [-0.1, -0.05) is 12.1 Å². The van der Waals surface area contributed by atoms with Gasteiger partial charge >= 0.3 is 0 Å². The number of nitrogens with two attached hydrogens (primary N) is 1. The molecule has 1 aromatic carbocycles. The minimum Gasteiger partial charge on any atom is -0.326 e. The number of hydrogen-bond acceptors (Lipinski definition) is 2. The highest BCUT2D eigenvalue weighted by Crippen LogP contribution is 2.11. The number of halogens is 1. The van der Waals surface area contributed by atoms with E-state index in [0.717, 1.165) is 5.56 Å². The molecular weight excluding hydrogens is 205 g/mol. The summed E-state index contributed by atoms with van der Waals surface area (Å²) in [6, 6.07) is 6.14. The third kappa shape index (κ3) is 5.03. The molecule has 0 unspecified atom stereocenters. The maximum Gasteiger partial charge on any atom is 0.137 e. The Hall–Kier alpha value is -1.22. The monoisotopic (exact) mass is 223 g/mol. The Morgan fingerprint density at radius 2 is 2.12 bits per heavy atom. The zero-order chi connectivity index (χ0) is 12.2. The number of benzene rings is 1. The summed E-state index contributed by atoms with van der Waals surface area (Å²) in [7, 11) is 0. The van der Waals surface area contributed by atoms with Gasteiger partial charge in [-0.05, 0) is 38.0 Å². The minimum absolute atomic E-state index is 0.101. The molecule has 0 bridgehead atoms. The lowest BCUT2D eigenvalue weighted by Crippen LogP contribution is -2.32. The van der Waals surface area contributed by atoms with Gasteiger partial charge in [-0.3, -0.25) is 4.79 Å². The lowest BCUT2D eigenvalue weighted by molar-refractivity contribution is -0.118. The molecule has 0 aromatic heterocycles. The topological polar surface area (TPSA) is 43.1 Å². The lowest BCUT2D eigenvalue weighted by atomic mass is 9.96. The van der Waals surface area contributed by atoms with E-state index in [4.69, 9.17) is 5.73 Å². The summed E-state index contributed by atoms with van der Waals surface area (Å²) >= 11 is 0. The van der Waals surface area contributed by atoms with Crippen molar-refractivity contribution in [1.82, 2.24) is 0 Å². The third-order valence-electron chi connectivity index (χ3n) is 2.34. The van der Waals surface area contributed by atoms with E-state index in [9.17, 15) is 9.18 Å². The van der Waals surface area contributed by atoms with Crippen LogP contribution in [0.5, 0.6) is 0 Å². The summed E-state index contributed by atoms with van der Waals surface area (Å²) in [4.78, 5) is 11.6. The number of carbonyl (C=O) groups excluding carboxylic acids is 1. The van der Waals surface area contributed by atoms with E-state index in [1.165, 1.54) is 12.1 Å². The van der Waals surface area contributed by atoms with Crippen LogP contribution in [0.4, 0.5) is 4.39 Å². The summed E-state index contributed by atoms with van der Waals surface area (Å²) in [5, 5.41) is 0. The first-order chi connectivity index (χ1) is 7.37. The molecule has 2 N–H and O–H groups in total. The summed E-state index contributed by atoms with van der Waals surface area (Å²) in [6.45, 7) is 3.78. The molecule has 2 nitrogen and oxygen atoms in total. The number of rotatable bonds is 5. The van der Waals surface area contributed by atoms with Crippen molar-refractivity contribution in [2.75, 3.05) is 0 Å². The highest BCUT2D eigenvalue weighted by Gasteiger charge is 2.13. The van der Waals surface area contributed by atoms with Crippen LogP contribution in [0, 0.1) is 5.82 Å². The molecule has 16 heavy (non-hydrogen) atoms. The molecule has 1 rings (SSSR count). The first-order valence-electron chi connectivity index (χ1n) is 5.42. The predicted octanol–water partition coefficient (Wildman–Crippen LogP) is 2.45. The van der Waals surface area contributed by atoms with Crippen molar-refractivity contribution in [2.45, 2.75) is 38.6 Å². The van der Waals surface area contributed by atoms with Gasteiger partial charge in [0.2, 0.25) is 0 Å². The zero-order valence-corrected chi connectivity index (χ0v) is 9.79. The first kappa shape index (κ1) is 12.8. The van der Waals surface area contributed by atoms with Gasteiger partial charge in [0.1, 0.15) is 11.6 Å². The predicted molar refractivity (Wildman–Crippen MR) is 62.6 cm³/mol. The van der Waals surface area contributed by atoms with E-state index in [1.54, 1.807) is 12.1 Å². The largest absolute Gasteiger partial charge is 0.326 e. The summed E-state index contributed by atoms with van der Waals surface area (Å²) < 4.78 is 12.9. The van der Waals surface area contributed by atoms with Crippen LogP contribution in [0.15, 0.2) is 24.3 Å². The molecule has 1 aromatic rings. The van der Waals surface area contributed by atoms with Gasteiger partial charge in [0.25, 0.3) is 0 Å². The molecule has 0 fully saturated rings. The Morgan fingerprint density at radius 1 is 1.44 bits per heavy atom. The van der Waals surface area contributed by atoms with Gasteiger partial charge in [-0.2, -0.15) is 0 Å². The average Bonchev–Trinajstić information content (AvgIpc) is 2.14. The Labute approximate surface area is 95.7 Å². The fourth-order valence-electron chi connectivity index (χ4n) is 1.42. The van der Waals surface area contributed by atoms with Crippen molar-refractivity contribution in [1.29, 1.82) is 0 Å². The molecule has 3 heteroatoms. The van der Waals surface area contributed by atoms with Crippen LogP contribution in [-0.4, -0.2) is 11.3 Å². The molecule has 0 saturated carbocycles. The Kier molecular flexibility index (Phi) is 4.19. The molecule has 0 heterocycles. The molecule has 0 aliphatic heterocycles. The van der Waals surface area contributed by atoms with E-state index < -0.39 is 0 Å². The van der Waals surface area contributed by atoms with Crippen LogP contribution in [0.25, 0.3) is 0 Å². The van der Waals surface area contributed by atoms with Crippen LogP contribution >= 0.6 is 0 Å².